The molecule has 0 aliphatic heterocycles. The summed E-state index contributed by atoms with van der Waals surface area (Å²) in [5, 5.41) is 0.893. The van der Waals surface area contributed by atoms with E-state index in [0.29, 0.717) is 9.49 Å². The lowest BCUT2D eigenvalue weighted by molar-refractivity contribution is 0.501. The molecule has 0 aromatic carbocycles. The Morgan fingerprint density at radius 2 is 2.36 bits per heavy atom. The average Bonchev–Trinajstić information content (AvgIpc) is 2.18. The third kappa shape index (κ3) is 2.79. The maximum Gasteiger partial charge on any atom is 0.266 e. The van der Waals surface area contributed by atoms with Crippen LogP contribution in [0.1, 0.15) is 12.7 Å². The number of hydrogen-bond acceptors (Lipinski definition) is 2. The molecular formula is C9H12BrIN2O. The Kier molecular flexibility index (Phi) is 4.56. The number of alkyl halides is 1. The highest BCUT2D eigenvalue weighted by molar-refractivity contribution is 14.1. The molecule has 0 saturated carbocycles. The summed E-state index contributed by atoms with van der Waals surface area (Å²) < 4.78 is 2.41. The molecule has 0 spiro atoms. The topological polar surface area (TPSA) is 34.9 Å². The van der Waals surface area contributed by atoms with Gasteiger partial charge in [0.05, 0.1) is 3.57 Å². The van der Waals surface area contributed by atoms with Crippen molar-refractivity contribution in [2.45, 2.75) is 20.4 Å². The van der Waals surface area contributed by atoms with Crippen molar-refractivity contribution in [3.8, 4) is 0 Å². The maximum atomic E-state index is 11.7. The molecule has 0 radical (unpaired) electrons. The van der Waals surface area contributed by atoms with Crippen LogP contribution in [0.4, 0.5) is 0 Å². The van der Waals surface area contributed by atoms with Gasteiger partial charge in [0.1, 0.15) is 5.82 Å². The van der Waals surface area contributed by atoms with Crippen LogP contribution in [0, 0.1) is 16.4 Å². The lowest BCUT2D eigenvalue weighted by atomic mass is 10.2. The van der Waals surface area contributed by atoms with Gasteiger partial charge in [0.25, 0.3) is 5.56 Å². The molecule has 1 atom stereocenters. The molecule has 0 amide bonds. The summed E-state index contributed by atoms with van der Waals surface area (Å²) in [6.07, 6.45) is 1.62. The van der Waals surface area contributed by atoms with Crippen molar-refractivity contribution in [3.05, 3.63) is 25.9 Å². The van der Waals surface area contributed by atoms with Gasteiger partial charge in [-0.2, -0.15) is 0 Å². The number of rotatable bonds is 3. The SMILES string of the molecule is Cc1ncc(I)c(=O)n1CC(C)CBr. The molecule has 0 N–H and O–H groups in total. The molecule has 0 aliphatic rings. The number of nitrogens with zero attached hydrogens (tertiary/aromatic N) is 2. The molecule has 0 aliphatic carbocycles. The molecule has 0 fully saturated rings. The third-order valence-corrected chi connectivity index (χ3v) is 3.81. The van der Waals surface area contributed by atoms with Crippen molar-refractivity contribution in [3.63, 3.8) is 0 Å². The third-order valence-electron chi connectivity index (χ3n) is 1.96. The molecule has 78 valence electrons. The Labute approximate surface area is 105 Å². The normalized spacial score (nSPS) is 12.9. The molecule has 1 aromatic heterocycles. The predicted octanol–water partition coefficient (Wildman–Crippen LogP) is 2.19. The summed E-state index contributed by atoms with van der Waals surface area (Å²) in [5.41, 5.74) is 0.0610. The van der Waals surface area contributed by atoms with Crippen LogP contribution < -0.4 is 5.56 Å². The number of aryl methyl sites for hydroxylation is 1. The van der Waals surface area contributed by atoms with Crippen molar-refractivity contribution in [1.29, 1.82) is 0 Å². The molecule has 14 heavy (non-hydrogen) atoms. The van der Waals surface area contributed by atoms with Crippen molar-refractivity contribution in [2.75, 3.05) is 5.33 Å². The van der Waals surface area contributed by atoms with Gasteiger partial charge in [0.2, 0.25) is 0 Å². The van der Waals surface area contributed by atoms with E-state index in [4.69, 9.17) is 0 Å². The zero-order valence-electron chi connectivity index (χ0n) is 8.13. The standard InChI is InChI=1S/C9H12BrIN2O/c1-6(3-10)5-13-7(2)12-4-8(11)9(13)14/h4,6H,3,5H2,1-2H3. The Balaban J connectivity index is 3.07. The van der Waals surface area contributed by atoms with Gasteiger partial charge in [-0.25, -0.2) is 4.98 Å². The molecule has 1 rings (SSSR count). The minimum atomic E-state index is 0.0610. The molecule has 0 bridgehead atoms. The molecular weight excluding hydrogens is 359 g/mol. The first kappa shape index (κ1) is 12.2. The van der Waals surface area contributed by atoms with Crippen molar-refractivity contribution in [1.82, 2.24) is 9.55 Å². The Morgan fingerprint density at radius 3 is 2.93 bits per heavy atom. The lowest BCUT2D eigenvalue weighted by Gasteiger charge is -2.12. The smallest absolute Gasteiger partial charge is 0.266 e. The van der Waals surface area contributed by atoms with Crippen molar-refractivity contribution in [2.24, 2.45) is 5.92 Å². The van der Waals surface area contributed by atoms with Gasteiger partial charge >= 0.3 is 0 Å². The van der Waals surface area contributed by atoms with Crippen LogP contribution in [0.5, 0.6) is 0 Å². The van der Waals surface area contributed by atoms with Gasteiger partial charge in [0, 0.05) is 18.1 Å². The monoisotopic (exact) mass is 370 g/mol. The highest BCUT2D eigenvalue weighted by Crippen LogP contribution is 2.05. The second-order valence-corrected chi connectivity index (χ2v) is 5.14. The number of aromatic nitrogens is 2. The fraction of sp³-hybridized carbons (Fsp3) is 0.556. The van der Waals surface area contributed by atoms with E-state index in [-0.39, 0.29) is 5.56 Å². The van der Waals surface area contributed by atoms with Gasteiger partial charge in [-0.1, -0.05) is 22.9 Å². The van der Waals surface area contributed by atoms with Gasteiger partial charge in [-0.05, 0) is 35.4 Å². The van der Waals surface area contributed by atoms with Crippen LogP contribution in [-0.4, -0.2) is 14.9 Å². The molecule has 5 heteroatoms. The van der Waals surface area contributed by atoms with Gasteiger partial charge in [-0.3, -0.25) is 9.36 Å². The summed E-state index contributed by atoms with van der Waals surface area (Å²) in [6, 6.07) is 0. The van der Waals surface area contributed by atoms with E-state index in [1.165, 1.54) is 0 Å². The van der Waals surface area contributed by atoms with E-state index in [9.17, 15) is 4.79 Å². The lowest BCUT2D eigenvalue weighted by Crippen LogP contribution is -2.28. The van der Waals surface area contributed by atoms with E-state index in [2.05, 4.69) is 27.8 Å². The van der Waals surface area contributed by atoms with E-state index >= 15 is 0 Å². The van der Waals surface area contributed by atoms with Crippen LogP contribution in [0.3, 0.4) is 0 Å². The first-order valence-corrected chi connectivity index (χ1v) is 6.54. The predicted molar refractivity (Wildman–Crippen MR) is 68.9 cm³/mol. The first-order valence-electron chi connectivity index (χ1n) is 4.34. The molecule has 1 heterocycles. The summed E-state index contributed by atoms with van der Waals surface area (Å²) in [7, 11) is 0. The minimum Gasteiger partial charge on any atom is -0.296 e. The van der Waals surface area contributed by atoms with Crippen LogP contribution in [0.15, 0.2) is 11.0 Å². The van der Waals surface area contributed by atoms with E-state index in [1.807, 2.05) is 29.5 Å². The van der Waals surface area contributed by atoms with E-state index in [1.54, 1.807) is 10.8 Å². The quantitative estimate of drug-likeness (QED) is 0.603. The summed E-state index contributed by atoms with van der Waals surface area (Å²) in [4.78, 5) is 15.9. The zero-order valence-corrected chi connectivity index (χ0v) is 11.9. The molecule has 1 aromatic rings. The molecule has 0 saturated heterocycles. The van der Waals surface area contributed by atoms with Crippen LogP contribution in [0.25, 0.3) is 0 Å². The fourth-order valence-electron chi connectivity index (χ4n) is 1.13. The maximum absolute atomic E-state index is 11.7. The van der Waals surface area contributed by atoms with Gasteiger partial charge in [-0.15, -0.1) is 0 Å². The summed E-state index contributed by atoms with van der Waals surface area (Å²) >= 11 is 5.42. The Bertz CT molecular complexity index is 378. The Hall–Kier alpha value is 0.0900. The largest absolute Gasteiger partial charge is 0.296 e. The average molecular weight is 371 g/mol. The second kappa shape index (κ2) is 5.25. The van der Waals surface area contributed by atoms with Crippen molar-refractivity contribution >= 4 is 38.5 Å². The van der Waals surface area contributed by atoms with Gasteiger partial charge in [0.15, 0.2) is 0 Å². The zero-order chi connectivity index (χ0) is 10.7. The second-order valence-electron chi connectivity index (χ2n) is 3.33. The van der Waals surface area contributed by atoms with Crippen LogP contribution >= 0.6 is 38.5 Å². The fourth-order valence-corrected chi connectivity index (χ4v) is 1.76. The number of halogens is 2. The van der Waals surface area contributed by atoms with E-state index in [0.717, 1.165) is 17.7 Å². The van der Waals surface area contributed by atoms with Gasteiger partial charge < -0.3 is 0 Å². The highest BCUT2D eigenvalue weighted by atomic mass is 127. The molecule has 3 nitrogen and oxygen atoms in total. The van der Waals surface area contributed by atoms with Crippen LogP contribution in [0.2, 0.25) is 0 Å². The highest BCUT2D eigenvalue weighted by Gasteiger charge is 2.08. The van der Waals surface area contributed by atoms with E-state index < -0.39 is 0 Å². The molecule has 1 unspecified atom stereocenters. The Morgan fingerprint density at radius 1 is 1.71 bits per heavy atom. The summed E-state index contributed by atoms with van der Waals surface area (Å²) in [6.45, 7) is 4.68. The minimum absolute atomic E-state index is 0.0610. The number of hydrogen-bond donors (Lipinski definition) is 0. The van der Waals surface area contributed by atoms with Crippen LogP contribution in [-0.2, 0) is 6.54 Å². The first-order chi connectivity index (χ1) is 6.56. The van der Waals surface area contributed by atoms with Crippen molar-refractivity contribution < 1.29 is 0 Å². The summed E-state index contributed by atoms with van der Waals surface area (Å²) in [5.74, 6) is 1.22.